The third-order valence-corrected chi connectivity index (χ3v) is 4.14. The van der Waals surface area contributed by atoms with Crippen LogP contribution in [0.1, 0.15) is 0 Å². The van der Waals surface area contributed by atoms with E-state index >= 15 is 0 Å². The van der Waals surface area contributed by atoms with Crippen LogP contribution in [0.15, 0.2) is 59.4 Å². The maximum absolute atomic E-state index is 12.1. The summed E-state index contributed by atoms with van der Waals surface area (Å²) < 4.78 is 6.35. The normalized spacial score (nSPS) is 10.6. The molecule has 0 atom stereocenters. The van der Waals surface area contributed by atoms with Crippen LogP contribution in [0.3, 0.4) is 0 Å². The Kier molecular flexibility index (Phi) is 3.05. The van der Waals surface area contributed by atoms with Crippen LogP contribution in [0, 0.1) is 0 Å². The molecule has 2 nitrogen and oxygen atoms in total. The Morgan fingerprint density at radius 2 is 1.74 bits per heavy atom. The first-order valence-electron chi connectivity index (χ1n) is 5.96. The molecule has 0 amide bonds. The summed E-state index contributed by atoms with van der Waals surface area (Å²) in [6.07, 6.45) is 0. The van der Waals surface area contributed by atoms with E-state index in [1.54, 1.807) is 24.5 Å². The molecule has 0 bridgehead atoms. The lowest BCUT2D eigenvalue weighted by molar-refractivity contribution is 0.416. The van der Waals surface area contributed by atoms with Crippen LogP contribution in [0.2, 0.25) is 0 Å². The zero-order valence-electron chi connectivity index (χ0n) is 10.4. The Labute approximate surface area is 114 Å². The van der Waals surface area contributed by atoms with E-state index < -0.39 is 0 Å². The fourth-order valence-electron chi connectivity index (χ4n) is 2.08. The molecule has 3 rings (SSSR count). The molecule has 1 heterocycles. The molecule has 0 fully saturated rings. The molecule has 0 N–H and O–H groups in total. The SMILES string of the molecule is COc1ccccc1-c1cc(=O)c2ccccc2s1. The van der Waals surface area contributed by atoms with E-state index in [2.05, 4.69) is 0 Å². The Hall–Kier alpha value is -2.13. The van der Waals surface area contributed by atoms with E-state index in [9.17, 15) is 4.79 Å². The van der Waals surface area contributed by atoms with Gasteiger partial charge >= 0.3 is 0 Å². The maximum atomic E-state index is 12.1. The maximum Gasteiger partial charge on any atom is 0.188 e. The van der Waals surface area contributed by atoms with Gasteiger partial charge in [-0.15, -0.1) is 11.3 Å². The molecule has 3 aromatic rings. The van der Waals surface area contributed by atoms with Gasteiger partial charge < -0.3 is 4.74 Å². The van der Waals surface area contributed by atoms with Gasteiger partial charge in [0, 0.05) is 26.6 Å². The standard InChI is InChI=1S/C16H12O2S/c1-18-14-8-4-2-7-12(14)16-10-13(17)11-6-3-5-9-15(11)19-16/h2-10H,1H3. The highest BCUT2D eigenvalue weighted by molar-refractivity contribution is 7.21. The third kappa shape index (κ3) is 2.13. The lowest BCUT2D eigenvalue weighted by Gasteiger charge is -2.08. The van der Waals surface area contributed by atoms with E-state index in [1.165, 1.54) is 0 Å². The minimum atomic E-state index is 0.0512. The highest BCUT2D eigenvalue weighted by Gasteiger charge is 2.08. The van der Waals surface area contributed by atoms with Gasteiger partial charge in [0.05, 0.1) is 7.11 Å². The highest BCUT2D eigenvalue weighted by Crippen LogP contribution is 2.33. The smallest absolute Gasteiger partial charge is 0.188 e. The van der Waals surface area contributed by atoms with E-state index in [0.717, 1.165) is 26.3 Å². The van der Waals surface area contributed by atoms with Crippen molar-refractivity contribution in [2.45, 2.75) is 0 Å². The third-order valence-electron chi connectivity index (χ3n) is 3.01. The summed E-state index contributed by atoms with van der Waals surface area (Å²) in [5.41, 5.74) is 1.01. The minimum Gasteiger partial charge on any atom is -0.496 e. The van der Waals surface area contributed by atoms with E-state index in [4.69, 9.17) is 4.74 Å². The molecule has 0 unspecified atom stereocenters. The molecule has 3 heteroatoms. The Morgan fingerprint density at radius 1 is 1.00 bits per heavy atom. The average Bonchev–Trinajstić information content (AvgIpc) is 2.47. The van der Waals surface area contributed by atoms with Crippen molar-refractivity contribution in [3.63, 3.8) is 0 Å². The predicted molar refractivity (Wildman–Crippen MR) is 80.1 cm³/mol. The number of ether oxygens (including phenoxy) is 1. The zero-order chi connectivity index (χ0) is 13.2. The van der Waals surface area contributed by atoms with Crippen molar-refractivity contribution in [3.05, 3.63) is 64.8 Å². The summed E-state index contributed by atoms with van der Waals surface area (Å²) in [5.74, 6) is 0.786. The number of hydrogen-bond acceptors (Lipinski definition) is 3. The lowest BCUT2D eigenvalue weighted by Crippen LogP contribution is -1.99. The van der Waals surface area contributed by atoms with Gasteiger partial charge in [0.1, 0.15) is 5.75 Å². The molecule has 0 radical (unpaired) electrons. The van der Waals surface area contributed by atoms with Crippen LogP contribution >= 0.6 is 11.3 Å². The second kappa shape index (κ2) is 4.86. The molecule has 19 heavy (non-hydrogen) atoms. The molecule has 0 aliphatic heterocycles. The summed E-state index contributed by atoms with van der Waals surface area (Å²) in [4.78, 5) is 13.1. The number of benzene rings is 2. The lowest BCUT2D eigenvalue weighted by atomic mass is 10.1. The number of fused-ring (bicyclic) bond motifs is 1. The Morgan fingerprint density at radius 3 is 2.58 bits per heavy atom. The van der Waals surface area contributed by atoms with E-state index in [0.29, 0.717) is 0 Å². The number of hydrogen-bond donors (Lipinski definition) is 0. The summed E-state index contributed by atoms with van der Waals surface area (Å²) in [7, 11) is 1.64. The Balaban J connectivity index is 2.29. The van der Waals surface area contributed by atoms with Crippen molar-refractivity contribution in [1.82, 2.24) is 0 Å². The predicted octanol–water partition coefficient (Wildman–Crippen LogP) is 3.94. The highest BCUT2D eigenvalue weighted by atomic mass is 32.1. The van der Waals surface area contributed by atoms with Gasteiger partial charge in [0.25, 0.3) is 0 Å². The van der Waals surface area contributed by atoms with Crippen molar-refractivity contribution < 1.29 is 4.74 Å². The molecule has 1 aromatic heterocycles. The van der Waals surface area contributed by atoms with Crippen molar-refractivity contribution in [2.24, 2.45) is 0 Å². The fraction of sp³-hybridized carbons (Fsp3) is 0.0625. The molecule has 0 spiro atoms. The van der Waals surface area contributed by atoms with E-state index in [1.807, 2.05) is 48.5 Å². The first kappa shape index (κ1) is 11.9. The quantitative estimate of drug-likeness (QED) is 0.703. The first-order valence-corrected chi connectivity index (χ1v) is 6.77. The van der Waals surface area contributed by atoms with Crippen LogP contribution in [0.5, 0.6) is 5.75 Å². The molecule has 0 aliphatic carbocycles. The van der Waals surface area contributed by atoms with E-state index in [-0.39, 0.29) is 5.43 Å². The van der Waals surface area contributed by atoms with Crippen molar-refractivity contribution in [3.8, 4) is 16.2 Å². The van der Waals surface area contributed by atoms with Gasteiger partial charge in [-0.1, -0.05) is 24.3 Å². The second-order valence-corrected chi connectivity index (χ2v) is 5.26. The molecule has 0 saturated carbocycles. The largest absolute Gasteiger partial charge is 0.496 e. The van der Waals surface area contributed by atoms with Crippen LogP contribution in [0.4, 0.5) is 0 Å². The zero-order valence-corrected chi connectivity index (χ0v) is 11.2. The van der Waals surface area contributed by atoms with Gasteiger partial charge in [-0.2, -0.15) is 0 Å². The van der Waals surface area contributed by atoms with Gasteiger partial charge in [-0.05, 0) is 24.3 Å². The van der Waals surface area contributed by atoms with Crippen LogP contribution in [-0.4, -0.2) is 7.11 Å². The Bertz CT molecular complexity index is 790. The van der Waals surface area contributed by atoms with Crippen molar-refractivity contribution >= 4 is 21.4 Å². The molecular formula is C16H12O2S. The first-order chi connectivity index (χ1) is 9.29. The summed E-state index contributed by atoms with van der Waals surface area (Å²) in [6, 6.07) is 17.1. The minimum absolute atomic E-state index is 0.0512. The topological polar surface area (TPSA) is 26.3 Å². The van der Waals surface area contributed by atoms with Gasteiger partial charge in [-0.25, -0.2) is 0 Å². The molecule has 0 saturated heterocycles. The summed E-state index contributed by atoms with van der Waals surface area (Å²) in [6.45, 7) is 0. The summed E-state index contributed by atoms with van der Waals surface area (Å²) >= 11 is 1.60. The van der Waals surface area contributed by atoms with Gasteiger partial charge in [0.2, 0.25) is 0 Å². The van der Waals surface area contributed by atoms with Crippen LogP contribution in [0.25, 0.3) is 20.5 Å². The van der Waals surface area contributed by atoms with Crippen molar-refractivity contribution in [1.29, 1.82) is 0 Å². The number of rotatable bonds is 2. The monoisotopic (exact) mass is 268 g/mol. The van der Waals surface area contributed by atoms with Gasteiger partial charge in [-0.3, -0.25) is 4.79 Å². The van der Waals surface area contributed by atoms with Crippen LogP contribution < -0.4 is 10.2 Å². The molecule has 0 aliphatic rings. The molecular weight excluding hydrogens is 256 g/mol. The molecule has 2 aromatic carbocycles. The summed E-state index contributed by atoms with van der Waals surface area (Å²) in [5, 5.41) is 0.770. The van der Waals surface area contributed by atoms with Crippen molar-refractivity contribution in [2.75, 3.05) is 7.11 Å². The van der Waals surface area contributed by atoms with Gasteiger partial charge in [0.15, 0.2) is 5.43 Å². The number of para-hydroxylation sites is 1. The average molecular weight is 268 g/mol. The van der Waals surface area contributed by atoms with Crippen LogP contribution in [-0.2, 0) is 0 Å². The fourth-order valence-corrected chi connectivity index (χ4v) is 3.19. The number of methoxy groups -OCH3 is 1. The second-order valence-electron chi connectivity index (χ2n) is 4.17. The molecule has 94 valence electrons.